The lowest BCUT2D eigenvalue weighted by atomic mass is 10.1. The van der Waals surface area contributed by atoms with Crippen molar-refractivity contribution in [1.82, 2.24) is 14.9 Å². The van der Waals surface area contributed by atoms with Crippen molar-refractivity contribution in [2.45, 2.75) is 44.7 Å². The zero-order chi connectivity index (χ0) is 11.9. The van der Waals surface area contributed by atoms with Crippen LogP contribution in [0.25, 0.3) is 0 Å². The number of hydrogen-bond donors (Lipinski definition) is 1. The van der Waals surface area contributed by atoms with Crippen LogP contribution >= 0.6 is 11.8 Å². The molecule has 2 rings (SSSR count). The Morgan fingerprint density at radius 3 is 3.18 bits per heavy atom. The molecule has 0 saturated carbocycles. The fourth-order valence-corrected chi connectivity index (χ4v) is 2.94. The van der Waals surface area contributed by atoms with E-state index >= 15 is 0 Å². The summed E-state index contributed by atoms with van der Waals surface area (Å²) in [5, 5.41) is 3.55. The molecule has 1 aliphatic heterocycles. The molecule has 1 atom stereocenters. The molecule has 0 aliphatic carbocycles. The highest BCUT2D eigenvalue weighted by Crippen LogP contribution is 2.22. The van der Waals surface area contributed by atoms with E-state index in [-0.39, 0.29) is 0 Å². The zero-order valence-electron chi connectivity index (χ0n) is 10.7. The van der Waals surface area contributed by atoms with E-state index in [0.717, 1.165) is 13.1 Å². The van der Waals surface area contributed by atoms with Crippen LogP contribution in [0.3, 0.4) is 0 Å². The second kappa shape index (κ2) is 7.07. The maximum absolute atomic E-state index is 4.30. The van der Waals surface area contributed by atoms with Crippen molar-refractivity contribution in [2.24, 2.45) is 0 Å². The molecule has 1 aliphatic rings. The van der Waals surface area contributed by atoms with Crippen molar-refractivity contribution in [3.63, 3.8) is 0 Å². The Kier molecular flexibility index (Phi) is 5.39. The second-order valence-corrected chi connectivity index (χ2v) is 5.70. The summed E-state index contributed by atoms with van der Waals surface area (Å²) in [5.41, 5.74) is 1.38. The SMILES string of the molecule is CSCCCCCn1cncc1C1CCCN1. The van der Waals surface area contributed by atoms with E-state index in [1.807, 2.05) is 24.3 Å². The Hall–Kier alpha value is -0.480. The maximum Gasteiger partial charge on any atom is 0.0948 e. The van der Waals surface area contributed by atoms with Gasteiger partial charge in [-0.3, -0.25) is 0 Å². The Balaban J connectivity index is 1.78. The monoisotopic (exact) mass is 253 g/mol. The van der Waals surface area contributed by atoms with Gasteiger partial charge in [0.1, 0.15) is 0 Å². The number of thioether (sulfide) groups is 1. The van der Waals surface area contributed by atoms with Crippen molar-refractivity contribution < 1.29 is 0 Å². The molecule has 96 valence electrons. The third-order valence-electron chi connectivity index (χ3n) is 3.41. The van der Waals surface area contributed by atoms with E-state index in [1.165, 1.54) is 43.6 Å². The Labute approximate surface area is 108 Å². The number of aryl methyl sites for hydroxylation is 1. The first-order valence-corrected chi connectivity index (χ1v) is 8.03. The van der Waals surface area contributed by atoms with E-state index in [0.29, 0.717) is 6.04 Å². The highest BCUT2D eigenvalue weighted by atomic mass is 32.2. The van der Waals surface area contributed by atoms with Crippen LogP contribution in [-0.4, -0.2) is 28.1 Å². The molecule has 0 spiro atoms. The first-order chi connectivity index (χ1) is 8.42. The number of nitrogens with one attached hydrogen (secondary N) is 1. The van der Waals surface area contributed by atoms with E-state index in [2.05, 4.69) is 21.1 Å². The van der Waals surface area contributed by atoms with Gasteiger partial charge in [0.25, 0.3) is 0 Å². The van der Waals surface area contributed by atoms with Crippen molar-refractivity contribution in [3.05, 3.63) is 18.2 Å². The summed E-state index contributed by atoms with van der Waals surface area (Å²) in [6, 6.07) is 0.545. The first-order valence-electron chi connectivity index (χ1n) is 6.64. The predicted molar refractivity (Wildman–Crippen MR) is 74.4 cm³/mol. The number of unbranched alkanes of at least 4 members (excludes halogenated alkanes) is 2. The number of rotatable bonds is 7. The molecule has 1 unspecified atom stereocenters. The Bertz CT molecular complexity index is 318. The van der Waals surface area contributed by atoms with Gasteiger partial charge in [-0.2, -0.15) is 11.8 Å². The van der Waals surface area contributed by atoms with Crippen LogP contribution < -0.4 is 5.32 Å². The van der Waals surface area contributed by atoms with Gasteiger partial charge in [0, 0.05) is 18.8 Å². The van der Waals surface area contributed by atoms with Crippen LogP contribution in [-0.2, 0) is 6.54 Å². The van der Waals surface area contributed by atoms with Crippen LogP contribution in [0.1, 0.15) is 43.8 Å². The molecular formula is C13H23N3S. The van der Waals surface area contributed by atoms with Gasteiger partial charge in [0.05, 0.1) is 12.0 Å². The molecule has 1 fully saturated rings. The highest BCUT2D eigenvalue weighted by molar-refractivity contribution is 7.98. The summed E-state index contributed by atoms with van der Waals surface area (Å²) >= 11 is 1.94. The summed E-state index contributed by atoms with van der Waals surface area (Å²) < 4.78 is 2.34. The van der Waals surface area contributed by atoms with Crippen molar-refractivity contribution in [2.75, 3.05) is 18.6 Å². The number of aromatic nitrogens is 2. The molecule has 3 nitrogen and oxygen atoms in total. The Morgan fingerprint density at radius 1 is 1.47 bits per heavy atom. The standard InChI is InChI=1S/C13H23N3S/c1-17-9-4-2-3-8-16-11-14-10-13(16)12-6-5-7-15-12/h10-12,15H,2-9H2,1H3. The molecule has 0 bridgehead atoms. The van der Waals surface area contributed by atoms with Crippen molar-refractivity contribution >= 4 is 11.8 Å². The summed E-state index contributed by atoms with van der Waals surface area (Å²) in [4.78, 5) is 4.30. The average molecular weight is 253 g/mol. The van der Waals surface area contributed by atoms with Crippen molar-refractivity contribution in [3.8, 4) is 0 Å². The molecule has 4 heteroatoms. The van der Waals surface area contributed by atoms with Gasteiger partial charge >= 0.3 is 0 Å². The van der Waals surface area contributed by atoms with Gasteiger partial charge < -0.3 is 9.88 Å². The average Bonchev–Trinajstić information content (AvgIpc) is 2.98. The van der Waals surface area contributed by atoms with Crippen LogP contribution in [0, 0.1) is 0 Å². The minimum absolute atomic E-state index is 0.545. The van der Waals surface area contributed by atoms with Gasteiger partial charge in [0.15, 0.2) is 0 Å². The minimum atomic E-state index is 0.545. The van der Waals surface area contributed by atoms with Gasteiger partial charge in [-0.1, -0.05) is 6.42 Å². The van der Waals surface area contributed by atoms with E-state index in [1.54, 1.807) is 0 Å². The lowest BCUT2D eigenvalue weighted by Crippen LogP contribution is -2.16. The molecule has 17 heavy (non-hydrogen) atoms. The van der Waals surface area contributed by atoms with Crippen LogP contribution in [0.4, 0.5) is 0 Å². The summed E-state index contributed by atoms with van der Waals surface area (Å²) in [7, 11) is 0. The predicted octanol–water partition coefficient (Wildman–Crippen LogP) is 2.84. The Morgan fingerprint density at radius 2 is 2.41 bits per heavy atom. The van der Waals surface area contributed by atoms with Gasteiger partial charge in [0.2, 0.25) is 0 Å². The molecule has 1 aromatic heterocycles. The third-order valence-corrected chi connectivity index (χ3v) is 4.11. The van der Waals surface area contributed by atoms with Gasteiger partial charge in [-0.05, 0) is 44.2 Å². The quantitative estimate of drug-likeness (QED) is 0.758. The number of hydrogen-bond acceptors (Lipinski definition) is 3. The minimum Gasteiger partial charge on any atom is -0.333 e. The summed E-state index contributed by atoms with van der Waals surface area (Å²) in [6.45, 7) is 2.28. The molecule has 1 aromatic rings. The fraction of sp³-hybridized carbons (Fsp3) is 0.769. The first kappa shape index (κ1) is 13.0. The van der Waals surface area contributed by atoms with Gasteiger partial charge in [-0.15, -0.1) is 0 Å². The van der Waals surface area contributed by atoms with E-state index in [9.17, 15) is 0 Å². The van der Waals surface area contributed by atoms with Crippen molar-refractivity contribution in [1.29, 1.82) is 0 Å². The molecule has 0 radical (unpaired) electrons. The molecular weight excluding hydrogens is 230 g/mol. The largest absolute Gasteiger partial charge is 0.333 e. The fourth-order valence-electron chi connectivity index (χ4n) is 2.45. The molecule has 2 heterocycles. The lowest BCUT2D eigenvalue weighted by molar-refractivity contribution is 0.536. The van der Waals surface area contributed by atoms with Crippen LogP contribution in [0.15, 0.2) is 12.5 Å². The topological polar surface area (TPSA) is 29.9 Å². The van der Waals surface area contributed by atoms with Gasteiger partial charge in [-0.25, -0.2) is 4.98 Å². The smallest absolute Gasteiger partial charge is 0.0948 e. The zero-order valence-corrected chi connectivity index (χ0v) is 11.5. The summed E-state index contributed by atoms with van der Waals surface area (Å²) in [6.07, 6.45) is 12.7. The van der Waals surface area contributed by atoms with E-state index in [4.69, 9.17) is 0 Å². The van der Waals surface area contributed by atoms with Crippen LogP contribution in [0.5, 0.6) is 0 Å². The molecule has 0 aromatic carbocycles. The normalized spacial score (nSPS) is 19.9. The summed E-state index contributed by atoms with van der Waals surface area (Å²) in [5.74, 6) is 1.29. The maximum atomic E-state index is 4.30. The highest BCUT2D eigenvalue weighted by Gasteiger charge is 2.19. The molecule has 1 N–H and O–H groups in total. The number of nitrogens with zero attached hydrogens (tertiary/aromatic N) is 2. The second-order valence-electron chi connectivity index (χ2n) is 4.71. The number of imidazole rings is 1. The lowest BCUT2D eigenvalue weighted by Gasteiger charge is -2.13. The van der Waals surface area contributed by atoms with E-state index < -0.39 is 0 Å². The third kappa shape index (κ3) is 3.75. The van der Waals surface area contributed by atoms with Crippen LogP contribution in [0.2, 0.25) is 0 Å². The molecule has 1 saturated heterocycles. The molecule has 0 amide bonds.